The fourth-order valence-corrected chi connectivity index (χ4v) is 5.32. The number of methoxy groups -OCH3 is 1. The predicted molar refractivity (Wildman–Crippen MR) is 149 cm³/mol. The van der Waals surface area contributed by atoms with Crippen LogP contribution in [0.4, 0.5) is 11.5 Å². The van der Waals surface area contributed by atoms with Crippen molar-refractivity contribution in [3.63, 3.8) is 0 Å². The van der Waals surface area contributed by atoms with Crippen LogP contribution in [0.2, 0.25) is 0 Å². The first-order chi connectivity index (χ1) is 18.7. The zero-order valence-corrected chi connectivity index (χ0v) is 21.5. The van der Waals surface area contributed by atoms with E-state index in [1.807, 2.05) is 23.1 Å². The van der Waals surface area contributed by atoms with E-state index < -0.39 is 0 Å². The molecule has 1 fully saturated rings. The van der Waals surface area contributed by atoms with Gasteiger partial charge in [-0.3, -0.25) is 9.78 Å². The Bertz CT molecular complexity index is 1480. The Labute approximate surface area is 222 Å². The van der Waals surface area contributed by atoms with E-state index in [2.05, 4.69) is 57.2 Å². The van der Waals surface area contributed by atoms with E-state index in [1.54, 1.807) is 25.6 Å². The Morgan fingerprint density at radius 2 is 1.76 bits per heavy atom. The van der Waals surface area contributed by atoms with Gasteiger partial charge in [-0.05, 0) is 35.6 Å². The summed E-state index contributed by atoms with van der Waals surface area (Å²) in [6.07, 6.45) is 7.76. The average molecular weight is 507 g/mol. The normalized spacial score (nSPS) is 15.7. The van der Waals surface area contributed by atoms with Gasteiger partial charge in [0, 0.05) is 67.8 Å². The van der Waals surface area contributed by atoms with Crippen molar-refractivity contribution in [1.82, 2.24) is 19.9 Å². The van der Waals surface area contributed by atoms with Crippen molar-refractivity contribution in [3.05, 3.63) is 89.9 Å². The second-order valence-corrected chi connectivity index (χ2v) is 9.56. The largest absolute Gasteiger partial charge is 0.467 e. The molecule has 0 spiro atoms. The molecule has 2 aliphatic heterocycles. The summed E-state index contributed by atoms with van der Waals surface area (Å²) in [7, 11) is 1.61. The van der Waals surface area contributed by atoms with Gasteiger partial charge in [0.25, 0.3) is 0 Å². The Morgan fingerprint density at radius 3 is 2.58 bits per heavy atom. The van der Waals surface area contributed by atoms with Gasteiger partial charge in [0.1, 0.15) is 5.82 Å². The zero-order chi connectivity index (χ0) is 25.9. The van der Waals surface area contributed by atoms with Crippen LogP contribution in [0.15, 0.2) is 73.1 Å². The van der Waals surface area contributed by atoms with Crippen molar-refractivity contribution < 1.29 is 9.53 Å². The average Bonchev–Trinajstić information content (AvgIpc) is 2.99. The number of carbonyl (C=O) groups excluding carboxylic acids is 1. The molecule has 0 N–H and O–H groups in total. The van der Waals surface area contributed by atoms with Crippen LogP contribution in [0.3, 0.4) is 0 Å². The number of fused-ring (bicyclic) bond motifs is 2. The van der Waals surface area contributed by atoms with E-state index in [4.69, 9.17) is 14.7 Å². The first kappa shape index (κ1) is 23.9. The summed E-state index contributed by atoms with van der Waals surface area (Å²) in [6.45, 7) is 4.30. The number of piperazine rings is 1. The molecule has 0 bridgehead atoms. The molecule has 4 heterocycles. The summed E-state index contributed by atoms with van der Waals surface area (Å²) in [5.74, 6) is 0.948. The molecule has 38 heavy (non-hydrogen) atoms. The molecule has 1 amide bonds. The van der Waals surface area contributed by atoms with Gasteiger partial charge in [-0.15, -0.1) is 0 Å². The third-order valence-electron chi connectivity index (χ3n) is 7.31. The maximum atomic E-state index is 12.8. The third-order valence-corrected chi connectivity index (χ3v) is 7.31. The van der Waals surface area contributed by atoms with Gasteiger partial charge in [-0.25, -0.2) is 0 Å². The molecule has 192 valence electrons. The van der Waals surface area contributed by atoms with Gasteiger partial charge in [-0.1, -0.05) is 42.5 Å². The Morgan fingerprint density at radius 1 is 0.921 bits per heavy atom. The lowest BCUT2D eigenvalue weighted by Gasteiger charge is -2.38. The van der Waals surface area contributed by atoms with Crippen molar-refractivity contribution in [2.24, 2.45) is 0 Å². The summed E-state index contributed by atoms with van der Waals surface area (Å²) in [5, 5.41) is 2.48. The van der Waals surface area contributed by atoms with E-state index in [9.17, 15) is 4.79 Å². The van der Waals surface area contributed by atoms with Crippen molar-refractivity contribution in [1.29, 1.82) is 0 Å². The topological polar surface area (TPSA) is 74.7 Å². The minimum Gasteiger partial charge on any atom is -0.467 e. The molecule has 0 atom stereocenters. The summed E-state index contributed by atoms with van der Waals surface area (Å²) in [4.78, 5) is 32.9. The smallest absolute Gasteiger partial charge is 0.318 e. The third kappa shape index (κ3) is 4.77. The SMILES string of the molecule is COc1nc2c(c(N3CCN(C(=O)/C=C/c4cccnc4)CC3)n1)CCN(c1cccc3ccccc13)C2. The molecular weight excluding hydrogens is 476 g/mol. The predicted octanol–water partition coefficient (Wildman–Crippen LogP) is 3.96. The van der Waals surface area contributed by atoms with Crippen LogP contribution in [-0.2, 0) is 17.8 Å². The van der Waals surface area contributed by atoms with E-state index >= 15 is 0 Å². The molecule has 2 aromatic heterocycles. The van der Waals surface area contributed by atoms with E-state index in [-0.39, 0.29) is 5.91 Å². The number of hydrogen-bond donors (Lipinski definition) is 0. The van der Waals surface area contributed by atoms with Crippen molar-refractivity contribution in [2.45, 2.75) is 13.0 Å². The Kier molecular flexibility index (Phi) is 6.60. The fraction of sp³-hybridized carbons (Fsp3) is 0.267. The first-order valence-electron chi connectivity index (χ1n) is 13.0. The summed E-state index contributed by atoms with van der Waals surface area (Å²) < 4.78 is 5.51. The van der Waals surface area contributed by atoms with Crippen LogP contribution < -0.4 is 14.5 Å². The van der Waals surface area contributed by atoms with E-state index in [0.29, 0.717) is 38.7 Å². The van der Waals surface area contributed by atoms with Gasteiger partial charge in [0.15, 0.2) is 0 Å². The molecule has 8 heteroatoms. The number of ether oxygens (including phenoxy) is 1. The van der Waals surface area contributed by atoms with Gasteiger partial charge in [-0.2, -0.15) is 9.97 Å². The number of carbonyl (C=O) groups is 1. The summed E-state index contributed by atoms with van der Waals surface area (Å²) in [6, 6.07) is 19.1. The molecule has 2 aliphatic rings. The van der Waals surface area contributed by atoms with Gasteiger partial charge >= 0.3 is 6.01 Å². The molecule has 8 nitrogen and oxygen atoms in total. The zero-order valence-electron chi connectivity index (χ0n) is 21.5. The van der Waals surface area contributed by atoms with Crippen LogP contribution in [0.1, 0.15) is 16.8 Å². The Balaban J connectivity index is 1.19. The van der Waals surface area contributed by atoms with E-state index in [0.717, 1.165) is 30.0 Å². The molecule has 4 aromatic rings. The highest BCUT2D eigenvalue weighted by molar-refractivity contribution is 5.94. The molecule has 0 aliphatic carbocycles. The first-order valence-corrected chi connectivity index (χ1v) is 13.0. The molecule has 6 rings (SSSR count). The second kappa shape index (κ2) is 10.5. The lowest BCUT2D eigenvalue weighted by Crippen LogP contribution is -2.49. The van der Waals surface area contributed by atoms with Gasteiger partial charge < -0.3 is 19.4 Å². The summed E-state index contributed by atoms with van der Waals surface area (Å²) in [5.41, 5.74) is 4.32. The monoisotopic (exact) mass is 506 g/mol. The lowest BCUT2D eigenvalue weighted by atomic mass is 10.0. The van der Waals surface area contributed by atoms with E-state index in [1.165, 1.54) is 22.0 Å². The molecule has 0 unspecified atom stereocenters. The van der Waals surface area contributed by atoms with Gasteiger partial charge in [0.2, 0.25) is 5.91 Å². The van der Waals surface area contributed by atoms with Crippen LogP contribution in [0.5, 0.6) is 6.01 Å². The second-order valence-electron chi connectivity index (χ2n) is 9.56. The number of anilines is 2. The van der Waals surface area contributed by atoms with Crippen LogP contribution in [0, 0.1) is 0 Å². The molecule has 0 radical (unpaired) electrons. The maximum Gasteiger partial charge on any atom is 0.318 e. The fourth-order valence-electron chi connectivity index (χ4n) is 5.32. The highest BCUT2D eigenvalue weighted by Crippen LogP contribution is 2.34. The number of aromatic nitrogens is 3. The van der Waals surface area contributed by atoms with Crippen molar-refractivity contribution in [2.75, 3.05) is 49.6 Å². The summed E-state index contributed by atoms with van der Waals surface area (Å²) >= 11 is 0. The Hall–Kier alpha value is -4.46. The van der Waals surface area contributed by atoms with Crippen LogP contribution in [0.25, 0.3) is 16.8 Å². The standard InChI is InChI=1S/C30H30N6O2/c1-38-30-32-26-21-36(27-10-4-8-23-7-2-3-9-24(23)27)15-13-25(26)29(33-30)35-18-16-34(17-19-35)28(37)12-11-22-6-5-14-31-20-22/h2-12,14,20H,13,15-19,21H2,1H3/b12-11+. The van der Waals surface area contributed by atoms with Crippen molar-refractivity contribution in [3.8, 4) is 6.01 Å². The van der Waals surface area contributed by atoms with Gasteiger partial charge in [0.05, 0.1) is 19.3 Å². The molecule has 2 aromatic carbocycles. The molecular formula is C30H30N6O2. The quantitative estimate of drug-likeness (QED) is 0.380. The number of benzene rings is 2. The molecule has 1 saturated heterocycles. The highest BCUT2D eigenvalue weighted by Gasteiger charge is 2.28. The maximum absolute atomic E-state index is 12.8. The molecule has 0 saturated carbocycles. The minimum atomic E-state index is 0.0153. The number of hydrogen-bond acceptors (Lipinski definition) is 7. The highest BCUT2D eigenvalue weighted by atomic mass is 16.5. The number of nitrogens with zero attached hydrogens (tertiary/aromatic N) is 6. The van der Waals surface area contributed by atoms with Crippen LogP contribution >= 0.6 is 0 Å². The number of amides is 1. The number of pyridine rings is 1. The van der Waals surface area contributed by atoms with Crippen molar-refractivity contribution >= 4 is 34.3 Å². The van der Waals surface area contributed by atoms with Crippen LogP contribution in [-0.4, -0.2) is 65.6 Å². The minimum absolute atomic E-state index is 0.0153. The number of rotatable bonds is 5. The lowest BCUT2D eigenvalue weighted by molar-refractivity contribution is -0.126.